The minimum atomic E-state index is -0.433. The van der Waals surface area contributed by atoms with Gasteiger partial charge in [-0.05, 0) is 37.3 Å². The van der Waals surface area contributed by atoms with Crippen molar-refractivity contribution in [3.8, 4) is 0 Å². The first-order valence-corrected chi connectivity index (χ1v) is 7.23. The maximum Gasteiger partial charge on any atom is 0.337 e. The van der Waals surface area contributed by atoms with Gasteiger partial charge in [0.1, 0.15) is 5.69 Å². The average molecular weight is 326 g/mol. The van der Waals surface area contributed by atoms with Crippen LogP contribution in [0.2, 0.25) is 0 Å². The van der Waals surface area contributed by atoms with Crippen LogP contribution in [-0.4, -0.2) is 35.5 Å². The lowest BCUT2D eigenvalue weighted by molar-refractivity contribution is 0.0600. The molecule has 0 aliphatic heterocycles. The van der Waals surface area contributed by atoms with Gasteiger partial charge in [-0.3, -0.25) is 4.79 Å². The van der Waals surface area contributed by atoms with Crippen LogP contribution in [0.25, 0.3) is 0 Å². The molecule has 0 spiro atoms. The van der Waals surface area contributed by atoms with Crippen LogP contribution in [0.15, 0.2) is 43.0 Å². The van der Waals surface area contributed by atoms with E-state index < -0.39 is 5.97 Å². The fourth-order valence-corrected chi connectivity index (χ4v) is 1.93. The van der Waals surface area contributed by atoms with Crippen LogP contribution in [0, 0.1) is 6.92 Å². The highest BCUT2D eigenvalue weighted by atomic mass is 16.5. The number of esters is 1. The number of carbonyl (C=O) groups is 2. The van der Waals surface area contributed by atoms with Gasteiger partial charge < -0.3 is 15.4 Å². The van der Waals surface area contributed by atoms with Crippen LogP contribution in [-0.2, 0) is 4.74 Å². The molecule has 2 rings (SSSR count). The molecule has 1 aromatic carbocycles. The third-order valence-electron chi connectivity index (χ3n) is 3.06. The van der Waals surface area contributed by atoms with Crippen molar-refractivity contribution < 1.29 is 14.3 Å². The second-order valence-corrected chi connectivity index (χ2v) is 4.91. The van der Waals surface area contributed by atoms with E-state index in [4.69, 9.17) is 0 Å². The fraction of sp³-hybridized carbons (Fsp3) is 0.176. The first-order chi connectivity index (χ1) is 11.5. The zero-order chi connectivity index (χ0) is 17.5. The molecule has 0 atom stereocenters. The maximum atomic E-state index is 12.3. The van der Waals surface area contributed by atoms with E-state index in [1.165, 1.54) is 7.11 Å². The zero-order valence-corrected chi connectivity index (χ0v) is 13.5. The number of nitrogens with zero attached hydrogens (tertiary/aromatic N) is 2. The summed E-state index contributed by atoms with van der Waals surface area (Å²) in [6.07, 6.45) is 1.67. The lowest BCUT2D eigenvalue weighted by atomic mass is 10.2. The summed E-state index contributed by atoms with van der Waals surface area (Å²) in [5.41, 5.74) is 1.86. The Kier molecular flexibility index (Phi) is 5.62. The van der Waals surface area contributed by atoms with E-state index in [1.807, 2.05) is 0 Å². The van der Waals surface area contributed by atoms with Crippen molar-refractivity contribution in [3.05, 3.63) is 59.9 Å². The highest BCUT2D eigenvalue weighted by molar-refractivity contribution is 6.03. The van der Waals surface area contributed by atoms with Crippen LogP contribution < -0.4 is 10.6 Å². The molecule has 0 aliphatic rings. The second-order valence-electron chi connectivity index (χ2n) is 4.91. The molecule has 124 valence electrons. The monoisotopic (exact) mass is 326 g/mol. The number of ether oxygens (including phenoxy) is 1. The molecule has 24 heavy (non-hydrogen) atoms. The van der Waals surface area contributed by atoms with Crippen molar-refractivity contribution >= 4 is 23.5 Å². The minimum Gasteiger partial charge on any atom is -0.465 e. The summed E-state index contributed by atoms with van der Waals surface area (Å²) in [7, 11) is 1.31. The van der Waals surface area contributed by atoms with Crippen molar-refractivity contribution in [1.29, 1.82) is 0 Å². The molecule has 0 bridgehead atoms. The summed E-state index contributed by atoms with van der Waals surface area (Å²) in [6.45, 7) is 5.89. The predicted octanol–water partition coefficient (Wildman–Crippen LogP) is 2.42. The largest absolute Gasteiger partial charge is 0.465 e. The molecule has 0 aliphatic carbocycles. The molecule has 0 radical (unpaired) electrons. The Bertz CT molecular complexity index is 757. The molecular weight excluding hydrogens is 308 g/mol. The Balaban J connectivity index is 2.13. The van der Waals surface area contributed by atoms with Crippen molar-refractivity contribution in [1.82, 2.24) is 9.97 Å². The molecule has 0 saturated carbocycles. The number of methoxy groups -OCH3 is 1. The number of aryl methyl sites for hydroxylation is 1. The summed E-state index contributed by atoms with van der Waals surface area (Å²) < 4.78 is 4.63. The van der Waals surface area contributed by atoms with Crippen LogP contribution in [0.3, 0.4) is 0 Å². The van der Waals surface area contributed by atoms with Gasteiger partial charge in [0.2, 0.25) is 5.95 Å². The Morgan fingerprint density at radius 3 is 2.58 bits per heavy atom. The van der Waals surface area contributed by atoms with Crippen molar-refractivity contribution in [2.24, 2.45) is 0 Å². The third-order valence-corrected chi connectivity index (χ3v) is 3.06. The Morgan fingerprint density at radius 1 is 1.25 bits per heavy atom. The second kappa shape index (κ2) is 7.87. The maximum absolute atomic E-state index is 12.3. The molecule has 1 aromatic heterocycles. The Labute approximate surface area is 139 Å². The standard InChI is InChI=1S/C17H18N4O3/c1-4-9-18-17-19-11(2)10-14(21-17)15(22)20-13-7-5-12(6-8-13)16(23)24-3/h4-8,10H,1,9H2,2-3H3,(H,20,22)(H,18,19,21). The smallest absolute Gasteiger partial charge is 0.337 e. The molecule has 1 amide bonds. The first-order valence-electron chi connectivity index (χ1n) is 7.23. The number of benzene rings is 1. The quantitative estimate of drug-likeness (QED) is 0.625. The molecular formula is C17H18N4O3. The normalized spacial score (nSPS) is 9.92. The van der Waals surface area contributed by atoms with E-state index >= 15 is 0 Å². The predicted molar refractivity (Wildman–Crippen MR) is 91.2 cm³/mol. The minimum absolute atomic E-state index is 0.242. The summed E-state index contributed by atoms with van der Waals surface area (Å²) in [6, 6.07) is 7.98. The molecule has 0 unspecified atom stereocenters. The lowest BCUT2D eigenvalue weighted by Crippen LogP contribution is -2.16. The first kappa shape index (κ1) is 17.1. The van der Waals surface area contributed by atoms with Crippen LogP contribution >= 0.6 is 0 Å². The van der Waals surface area contributed by atoms with Crippen molar-refractivity contribution in [3.63, 3.8) is 0 Å². The number of aromatic nitrogens is 2. The highest BCUT2D eigenvalue weighted by Crippen LogP contribution is 2.13. The summed E-state index contributed by atoms with van der Waals surface area (Å²) in [5.74, 6) is -0.439. The number of carbonyl (C=O) groups excluding carboxylic acids is 2. The van der Waals surface area contributed by atoms with Gasteiger partial charge in [0, 0.05) is 17.9 Å². The zero-order valence-electron chi connectivity index (χ0n) is 13.5. The average Bonchev–Trinajstić information content (AvgIpc) is 2.59. The molecule has 0 saturated heterocycles. The molecule has 1 heterocycles. The highest BCUT2D eigenvalue weighted by Gasteiger charge is 2.11. The van der Waals surface area contributed by atoms with Gasteiger partial charge in [-0.2, -0.15) is 0 Å². The summed E-state index contributed by atoms with van der Waals surface area (Å²) >= 11 is 0. The van der Waals surface area contributed by atoms with E-state index in [0.717, 1.165) is 0 Å². The van der Waals surface area contributed by atoms with Gasteiger partial charge in [-0.25, -0.2) is 14.8 Å². The molecule has 0 fully saturated rings. The van der Waals surface area contributed by atoms with E-state index in [2.05, 4.69) is 31.9 Å². The summed E-state index contributed by atoms with van der Waals surface area (Å²) in [5, 5.41) is 5.67. The van der Waals surface area contributed by atoms with Crippen molar-refractivity contribution in [2.45, 2.75) is 6.92 Å². The molecule has 7 nitrogen and oxygen atoms in total. The van der Waals surface area contributed by atoms with Gasteiger partial charge in [-0.15, -0.1) is 6.58 Å². The number of rotatable bonds is 6. The number of anilines is 2. The van der Waals surface area contributed by atoms with Gasteiger partial charge in [0.05, 0.1) is 12.7 Å². The number of nitrogens with one attached hydrogen (secondary N) is 2. The van der Waals surface area contributed by atoms with Crippen LogP contribution in [0.4, 0.5) is 11.6 Å². The number of amides is 1. The van der Waals surface area contributed by atoms with Gasteiger partial charge in [0.25, 0.3) is 5.91 Å². The van der Waals surface area contributed by atoms with Crippen molar-refractivity contribution in [2.75, 3.05) is 24.3 Å². The Morgan fingerprint density at radius 2 is 1.96 bits per heavy atom. The molecule has 2 N–H and O–H groups in total. The van der Waals surface area contributed by atoms with Gasteiger partial charge in [0.15, 0.2) is 0 Å². The van der Waals surface area contributed by atoms with E-state index in [0.29, 0.717) is 29.4 Å². The van der Waals surface area contributed by atoms with E-state index in [1.54, 1.807) is 43.3 Å². The van der Waals surface area contributed by atoms with Crippen LogP contribution in [0.1, 0.15) is 26.5 Å². The molecule has 2 aromatic rings. The fourth-order valence-electron chi connectivity index (χ4n) is 1.93. The third kappa shape index (κ3) is 4.39. The van der Waals surface area contributed by atoms with Gasteiger partial charge >= 0.3 is 5.97 Å². The van der Waals surface area contributed by atoms with Gasteiger partial charge in [-0.1, -0.05) is 6.08 Å². The van der Waals surface area contributed by atoms with Crippen LogP contribution in [0.5, 0.6) is 0 Å². The SMILES string of the molecule is C=CCNc1nc(C)cc(C(=O)Nc2ccc(C(=O)OC)cc2)n1. The lowest BCUT2D eigenvalue weighted by Gasteiger charge is -2.08. The number of hydrogen-bond donors (Lipinski definition) is 2. The molecule has 7 heteroatoms. The summed E-state index contributed by atoms with van der Waals surface area (Å²) in [4.78, 5) is 32.1. The van der Waals surface area contributed by atoms with E-state index in [9.17, 15) is 9.59 Å². The Hall–Kier alpha value is -3.22. The van der Waals surface area contributed by atoms with E-state index in [-0.39, 0.29) is 11.6 Å². The topological polar surface area (TPSA) is 93.2 Å². The number of hydrogen-bond acceptors (Lipinski definition) is 6.